The molecule has 4 nitrogen and oxygen atoms in total. The minimum absolute atomic E-state index is 0.0109. The maximum atomic E-state index is 12.2. The summed E-state index contributed by atoms with van der Waals surface area (Å²) in [4.78, 5) is 18.3. The van der Waals surface area contributed by atoms with Gasteiger partial charge in [-0.3, -0.25) is 4.79 Å². The van der Waals surface area contributed by atoms with Gasteiger partial charge < -0.3 is 9.47 Å². The number of benzene rings is 1. The van der Waals surface area contributed by atoms with Crippen LogP contribution in [0.4, 0.5) is 0 Å². The summed E-state index contributed by atoms with van der Waals surface area (Å²) in [6.07, 6.45) is 3.81. The van der Waals surface area contributed by atoms with Crippen molar-refractivity contribution in [2.75, 3.05) is 6.54 Å². The maximum Gasteiger partial charge on any atom is 0.291 e. The van der Waals surface area contributed by atoms with Gasteiger partial charge in [0, 0.05) is 17.1 Å². The highest BCUT2D eigenvalue weighted by molar-refractivity contribution is 6.33. The molecular weight excluding hydrogens is 274 g/mol. The van der Waals surface area contributed by atoms with Crippen LogP contribution in [-0.2, 0) is 6.67 Å². The van der Waals surface area contributed by atoms with E-state index in [0.717, 1.165) is 30.6 Å². The minimum Gasteiger partial charge on any atom is -0.318 e. The van der Waals surface area contributed by atoms with Gasteiger partial charge in [0.15, 0.2) is 0 Å². The lowest BCUT2D eigenvalue weighted by molar-refractivity contribution is 0.0764. The van der Waals surface area contributed by atoms with Gasteiger partial charge in [0.05, 0.1) is 18.6 Å². The number of fused-ring (bicyclic) bond motifs is 1. The van der Waals surface area contributed by atoms with Gasteiger partial charge in [0.2, 0.25) is 5.82 Å². The van der Waals surface area contributed by atoms with Gasteiger partial charge in [-0.15, -0.1) is 0 Å². The van der Waals surface area contributed by atoms with E-state index in [2.05, 4.69) is 11.9 Å². The lowest BCUT2D eigenvalue weighted by atomic mass is 10.2. The number of amides is 1. The molecular formula is C15H16ClN3O. The number of carbonyl (C=O) groups is 1. The van der Waals surface area contributed by atoms with Gasteiger partial charge in [-0.2, -0.15) is 0 Å². The molecule has 0 aliphatic carbocycles. The molecule has 2 aromatic rings. The molecule has 0 spiro atoms. The highest BCUT2D eigenvalue weighted by Crippen LogP contribution is 2.30. The Hall–Kier alpha value is -1.81. The first-order chi connectivity index (χ1) is 9.72. The zero-order chi connectivity index (χ0) is 14.1. The monoisotopic (exact) mass is 289 g/mol. The fourth-order valence-corrected chi connectivity index (χ4v) is 2.70. The fourth-order valence-electron chi connectivity index (χ4n) is 2.47. The molecule has 5 heteroatoms. The molecule has 0 atom stereocenters. The highest BCUT2D eigenvalue weighted by atomic mass is 35.5. The predicted molar refractivity (Wildman–Crippen MR) is 78.6 cm³/mol. The molecule has 1 aliphatic heterocycles. The zero-order valence-corrected chi connectivity index (χ0v) is 12.1. The van der Waals surface area contributed by atoms with Crippen LogP contribution in [0.15, 0.2) is 30.5 Å². The first kappa shape index (κ1) is 13.2. The van der Waals surface area contributed by atoms with E-state index in [1.807, 2.05) is 33.7 Å². The quantitative estimate of drug-likeness (QED) is 0.865. The number of carbonyl (C=O) groups excluding carboxylic acids is 1. The van der Waals surface area contributed by atoms with Gasteiger partial charge in [-0.25, -0.2) is 4.98 Å². The Morgan fingerprint density at radius 1 is 1.35 bits per heavy atom. The summed E-state index contributed by atoms with van der Waals surface area (Å²) >= 11 is 6.23. The topological polar surface area (TPSA) is 38.1 Å². The van der Waals surface area contributed by atoms with Gasteiger partial charge in [-0.1, -0.05) is 43.1 Å². The molecule has 2 heterocycles. The molecule has 1 amide bonds. The number of unbranched alkanes of at least 4 members (excludes halogenated alkanes) is 1. The summed E-state index contributed by atoms with van der Waals surface area (Å²) in [5.41, 5.74) is 1.82. The van der Waals surface area contributed by atoms with E-state index in [1.54, 1.807) is 6.20 Å². The molecule has 0 unspecified atom stereocenters. The number of imidazole rings is 1. The van der Waals surface area contributed by atoms with Crippen LogP contribution in [0.2, 0.25) is 5.02 Å². The average molecular weight is 290 g/mol. The summed E-state index contributed by atoms with van der Waals surface area (Å²) in [5.74, 6) is 0.521. The number of rotatable bonds is 4. The summed E-state index contributed by atoms with van der Waals surface area (Å²) < 4.78 is 1.94. The minimum atomic E-state index is 0.0109. The first-order valence-corrected chi connectivity index (χ1v) is 7.20. The SMILES string of the molecule is CCCCN1Cn2c(-c3ccccc3Cl)cnc2C1=O. The first-order valence-electron chi connectivity index (χ1n) is 6.82. The van der Waals surface area contributed by atoms with Crippen LogP contribution in [0.3, 0.4) is 0 Å². The molecule has 0 bridgehead atoms. The van der Waals surface area contributed by atoms with Crippen LogP contribution in [0, 0.1) is 0 Å². The van der Waals surface area contributed by atoms with Crippen molar-refractivity contribution in [3.8, 4) is 11.3 Å². The van der Waals surface area contributed by atoms with E-state index < -0.39 is 0 Å². The van der Waals surface area contributed by atoms with E-state index in [9.17, 15) is 4.79 Å². The Kier molecular flexibility index (Phi) is 3.49. The molecule has 0 saturated heterocycles. The van der Waals surface area contributed by atoms with E-state index in [0.29, 0.717) is 17.5 Å². The van der Waals surface area contributed by atoms with Gasteiger partial charge in [0.1, 0.15) is 0 Å². The summed E-state index contributed by atoms with van der Waals surface area (Å²) in [6, 6.07) is 7.63. The van der Waals surface area contributed by atoms with E-state index in [4.69, 9.17) is 11.6 Å². The molecule has 1 aliphatic rings. The van der Waals surface area contributed by atoms with Crippen LogP contribution < -0.4 is 0 Å². The molecule has 20 heavy (non-hydrogen) atoms. The molecule has 0 radical (unpaired) electrons. The second-order valence-electron chi connectivity index (χ2n) is 4.94. The highest BCUT2D eigenvalue weighted by Gasteiger charge is 2.30. The lowest BCUT2D eigenvalue weighted by Gasteiger charge is -2.15. The number of hydrogen-bond acceptors (Lipinski definition) is 2. The second kappa shape index (κ2) is 5.29. The van der Waals surface area contributed by atoms with Gasteiger partial charge in [-0.05, 0) is 12.5 Å². The maximum absolute atomic E-state index is 12.2. The molecule has 1 aromatic carbocycles. The van der Waals surface area contributed by atoms with E-state index in [-0.39, 0.29) is 5.91 Å². The zero-order valence-electron chi connectivity index (χ0n) is 11.3. The van der Waals surface area contributed by atoms with Crippen molar-refractivity contribution in [2.24, 2.45) is 0 Å². The Morgan fingerprint density at radius 2 is 2.15 bits per heavy atom. The van der Waals surface area contributed by atoms with Gasteiger partial charge >= 0.3 is 0 Å². The fraction of sp³-hybridized carbons (Fsp3) is 0.333. The lowest BCUT2D eigenvalue weighted by Crippen LogP contribution is -2.25. The van der Waals surface area contributed by atoms with Crippen LogP contribution in [0.25, 0.3) is 11.3 Å². The molecule has 3 rings (SSSR count). The van der Waals surface area contributed by atoms with Crippen molar-refractivity contribution in [2.45, 2.75) is 26.4 Å². The summed E-state index contributed by atoms with van der Waals surface area (Å²) in [6.45, 7) is 3.46. The van der Waals surface area contributed by atoms with Crippen LogP contribution in [0.5, 0.6) is 0 Å². The van der Waals surface area contributed by atoms with E-state index in [1.165, 1.54) is 0 Å². The predicted octanol–water partition coefficient (Wildman–Crippen LogP) is 3.42. The molecule has 0 N–H and O–H groups in total. The number of hydrogen-bond donors (Lipinski definition) is 0. The average Bonchev–Trinajstić information content (AvgIpc) is 2.98. The Bertz CT molecular complexity index is 650. The van der Waals surface area contributed by atoms with Crippen LogP contribution in [0.1, 0.15) is 30.4 Å². The van der Waals surface area contributed by atoms with Crippen LogP contribution >= 0.6 is 11.6 Å². The Labute approximate surface area is 123 Å². The summed E-state index contributed by atoms with van der Waals surface area (Å²) in [7, 11) is 0. The van der Waals surface area contributed by atoms with Crippen molar-refractivity contribution >= 4 is 17.5 Å². The smallest absolute Gasteiger partial charge is 0.291 e. The van der Waals surface area contributed by atoms with Gasteiger partial charge in [0.25, 0.3) is 5.91 Å². The van der Waals surface area contributed by atoms with Crippen molar-refractivity contribution in [3.05, 3.63) is 41.3 Å². The van der Waals surface area contributed by atoms with E-state index >= 15 is 0 Å². The largest absolute Gasteiger partial charge is 0.318 e. The van der Waals surface area contributed by atoms with Crippen molar-refractivity contribution in [1.29, 1.82) is 0 Å². The van der Waals surface area contributed by atoms with Crippen LogP contribution in [-0.4, -0.2) is 26.9 Å². The molecule has 0 fully saturated rings. The number of aromatic nitrogens is 2. The van der Waals surface area contributed by atoms with Crippen molar-refractivity contribution in [3.63, 3.8) is 0 Å². The Balaban J connectivity index is 1.95. The number of halogens is 1. The molecule has 0 saturated carbocycles. The molecule has 1 aromatic heterocycles. The number of nitrogens with zero attached hydrogens (tertiary/aromatic N) is 3. The van der Waals surface area contributed by atoms with Crippen molar-refractivity contribution < 1.29 is 4.79 Å². The third kappa shape index (κ3) is 2.10. The standard InChI is InChI=1S/C15H16ClN3O/c1-2-3-8-18-10-19-13(9-17-14(19)15(18)20)11-6-4-5-7-12(11)16/h4-7,9H,2-3,8,10H2,1H3. The second-order valence-corrected chi connectivity index (χ2v) is 5.35. The third-order valence-corrected chi connectivity index (χ3v) is 3.91. The third-order valence-electron chi connectivity index (χ3n) is 3.58. The van der Waals surface area contributed by atoms with Crippen molar-refractivity contribution in [1.82, 2.24) is 14.5 Å². The normalized spacial score (nSPS) is 13.9. The Morgan fingerprint density at radius 3 is 2.90 bits per heavy atom. The molecule has 104 valence electrons. The summed E-state index contributed by atoms with van der Waals surface area (Å²) in [5, 5.41) is 0.676.